The Morgan fingerprint density at radius 1 is 1.02 bits per heavy atom. The van der Waals surface area contributed by atoms with E-state index in [-0.39, 0.29) is 24.8 Å². The molecule has 1 aliphatic carbocycles. The molecule has 0 unspecified atom stereocenters. The Hall–Kier alpha value is -4.34. The molecule has 3 aromatic carbocycles. The van der Waals surface area contributed by atoms with Crippen molar-refractivity contribution in [2.45, 2.75) is 64.4 Å². The van der Waals surface area contributed by atoms with Gasteiger partial charge < -0.3 is 14.4 Å². The monoisotopic (exact) mass is 608 g/mol. The van der Waals surface area contributed by atoms with Crippen molar-refractivity contribution in [3.63, 3.8) is 0 Å². The number of nitrogens with zero attached hydrogens (tertiary/aromatic N) is 2. The SMILES string of the molecule is CCN(Cc1cc(C(F)(F)F)ccc1-c1cc(CC(=O)N2C(=O)O[C@@H](c3ccccc3)C2(C)C)ccc1OC)C(=O)C1CC1. The van der Waals surface area contributed by atoms with Gasteiger partial charge in [0.1, 0.15) is 5.75 Å². The second-order valence-electron chi connectivity index (χ2n) is 11.8. The number of ether oxygens (including phenoxy) is 2. The maximum absolute atomic E-state index is 13.8. The molecule has 2 aliphatic rings. The molecule has 1 saturated carbocycles. The minimum absolute atomic E-state index is 0.00786. The first-order valence-electron chi connectivity index (χ1n) is 14.6. The second kappa shape index (κ2) is 12.0. The third kappa shape index (κ3) is 6.16. The Kier molecular flexibility index (Phi) is 8.46. The lowest BCUT2D eigenvalue weighted by atomic mass is 9.90. The molecule has 0 aromatic heterocycles. The zero-order valence-electron chi connectivity index (χ0n) is 25.1. The van der Waals surface area contributed by atoms with Gasteiger partial charge in [0.25, 0.3) is 0 Å². The van der Waals surface area contributed by atoms with E-state index in [1.807, 2.05) is 30.3 Å². The molecule has 1 aliphatic heterocycles. The van der Waals surface area contributed by atoms with Crippen molar-refractivity contribution in [3.05, 3.63) is 89.0 Å². The Labute approximate surface area is 254 Å². The van der Waals surface area contributed by atoms with Gasteiger partial charge in [0.2, 0.25) is 11.8 Å². The van der Waals surface area contributed by atoms with Crippen molar-refractivity contribution >= 4 is 17.9 Å². The Morgan fingerprint density at radius 2 is 1.73 bits per heavy atom. The minimum Gasteiger partial charge on any atom is -0.496 e. The molecular formula is C34H35F3N2O5. The molecule has 1 saturated heterocycles. The van der Waals surface area contributed by atoms with E-state index in [2.05, 4.69) is 0 Å². The fourth-order valence-electron chi connectivity index (χ4n) is 5.81. The number of hydrogen-bond acceptors (Lipinski definition) is 5. The van der Waals surface area contributed by atoms with Crippen LogP contribution in [0.2, 0.25) is 0 Å². The van der Waals surface area contributed by atoms with E-state index in [0.29, 0.717) is 34.5 Å². The van der Waals surface area contributed by atoms with Crippen LogP contribution >= 0.6 is 0 Å². The molecule has 0 spiro atoms. The van der Waals surface area contributed by atoms with E-state index in [4.69, 9.17) is 9.47 Å². The van der Waals surface area contributed by atoms with Gasteiger partial charge in [-0.3, -0.25) is 9.59 Å². The van der Waals surface area contributed by atoms with Gasteiger partial charge >= 0.3 is 12.3 Å². The van der Waals surface area contributed by atoms with Gasteiger partial charge in [0, 0.05) is 24.6 Å². The van der Waals surface area contributed by atoms with Crippen molar-refractivity contribution in [2.24, 2.45) is 5.92 Å². The number of cyclic esters (lactones) is 1. The van der Waals surface area contributed by atoms with Gasteiger partial charge in [-0.05, 0) is 80.1 Å². The summed E-state index contributed by atoms with van der Waals surface area (Å²) in [5.41, 5.74) is 0.752. The van der Waals surface area contributed by atoms with Gasteiger partial charge in [-0.15, -0.1) is 0 Å². The number of imide groups is 1. The van der Waals surface area contributed by atoms with Crippen LogP contribution in [-0.4, -0.2) is 46.9 Å². The van der Waals surface area contributed by atoms with Crippen molar-refractivity contribution in [1.29, 1.82) is 0 Å². The van der Waals surface area contributed by atoms with E-state index < -0.39 is 35.4 Å². The van der Waals surface area contributed by atoms with Crippen LogP contribution in [0.5, 0.6) is 5.75 Å². The molecule has 0 radical (unpaired) electrons. The van der Waals surface area contributed by atoms with E-state index in [1.165, 1.54) is 13.2 Å². The molecule has 10 heteroatoms. The van der Waals surface area contributed by atoms with Gasteiger partial charge in [0.05, 0.1) is 24.6 Å². The lowest BCUT2D eigenvalue weighted by Crippen LogP contribution is -2.47. The van der Waals surface area contributed by atoms with Crippen LogP contribution in [-0.2, 0) is 33.5 Å². The summed E-state index contributed by atoms with van der Waals surface area (Å²) in [5.74, 6) is -0.245. The zero-order valence-corrected chi connectivity index (χ0v) is 25.1. The lowest BCUT2D eigenvalue weighted by Gasteiger charge is -2.31. The topological polar surface area (TPSA) is 76.2 Å². The third-order valence-corrected chi connectivity index (χ3v) is 8.29. The van der Waals surface area contributed by atoms with Gasteiger partial charge in [-0.25, -0.2) is 9.69 Å². The number of halogens is 3. The summed E-state index contributed by atoms with van der Waals surface area (Å²) >= 11 is 0. The number of rotatable bonds is 9. The Balaban J connectivity index is 1.48. The van der Waals surface area contributed by atoms with Crippen molar-refractivity contribution in [3.8, 4) is 16.9 Å². The summed E-state index contributed by atoms with van der Waals surface area (Å²) in [6.07, 6.45) is -4.56. The Morgan fingerprint density at radius 3 is 2.34 bits per heavy atom. The van der Waals surface area contributed by atoms with Crippen LogP contribution in [0.4, 0.5) is 18.0 Å². The number of amides is 3. The van der Waals surface area contributed by atoms with E-state index in [1.54, 1.807) is 43.9 Å². The normalized spacial score (nSPS) is 17.8. The van der Waals surface area contributed by atoms with Crippen molar-refractivity contribution in [2.75, 3.05) is 13.7 Å². The fraction of sp³-hybridized carbons (Fsp3) is 0.382. The van der Waals surface area contributed by atoms with E-state index in [0.717, 1.165) is 35.4 Å². The minimum atomic E-state index is -4.57. The van der Waals surface area contributed by atoms with Gasteiger partial charge in [-0.2, -0.15) is 13.2 Å². The predicted octanol–water partition coefficient (Wildman–Crippen LogP) is 7.18. The molecule has 7 nitrogen and oxygen atoms in total. The van der Waals surface area contributed by atoms with Crippen LogP contribution in [0.3, 0.4) is 0 Å². The number of carbonyl (C=O) groups excluding carboxylic acids is 3. The molecule has 2 fully saturated rings. The number of carbonyl (C=O) groups is 3. The predicted molar refractivity (Wildman–Crippen MR) is 158 cm³/mol. The highest BCUT2D eigenvalue weighted by atomic mass is 19.4. The zero-order chi connectivity index (χ0) is 31.8. The van der Waals surface area contributed by atoms with Crippen molar-refractivity contribution in [1.82, 2.24) is 9.80 Å². The summed E-state index contributed by atoms with van der Waals surface area (Å²) in [7, 11) is 1.45. The summed E-state index contributed by atoms with van der Waals surface area (Å²) in [5, 5.41) is 0. The third-order valence-electron chi connectivity index (χ3n) is 8.29. The van der Waals surface area contributed by atoms with Crippen LogP contribution in [0.15, 0.2) is 66.7 Å². The summed E-state index contributed by atoms with van der Waals surface area (Å²) < 4.78 is 52.5. The first kappa shape index (κ1) is 31.1. The highest BCUT2D eigenvalue weighted by Crippen LogP contribution is 2.42. The van der Waals surface area contributed by atoms with Crippen LogP contribution in [0.1, 0.15) is 62.0 Å². The largest absolute Gasteiger partial charge is 0.496 e. The fourth-order valence-corrected chi connectivity index (χ4v) is 5.81. The quantitative estimate of drug-likeness (QED) is 0.257. The highest BCUT2D eigenvalue weighted by Gasteiger charge is 2.52. The van der Waals surface area contributed by atoms with Crippen molar-refractivity contribution < 1.29 is 37.0 Å². The molecule has 1 atom stereocenters. The first-order chi connectivity index (χ1) is 20.8. The summed E-state index contributed by atoms with van der Waals surface area (Å²) in [6.45, 7) is 5.68. The molecule has 5 rings (SSSR count). The maximum atomic E-state index is 13.8. The molecule has 1 heterocycles. The van der Waals surface area contributed by atoms with Gasteiger partial charge in [-0.1, -0.05) is 42.5 Å². The maximum Gasteiger partial charge on any atom is 0.417 e. The van der Waals surface area contributed by atoms with Crippen LogP contribution in [0.25, 0.3) is 11.1 Å². The van der Waals surface area contributed by atoms with Crippen LogP contribution < -0.4 is 4.74 Å². The summed E-state index contributed by atoms with van der Waals surface area (Å²) in [4.78, 5) is 42.1. The standard InChI is InChI=1S/C34H35F3N2O5/c1-5-38(31(41)23-12-13-23)20-24-19-25(34(35,36)37)14-15-26(24)27-17-21(11-16-28(27)43-4)18-29(40)39-32(42)44-30(33(39,2)3)22-9-7-6-8-10-22/h6-11,14-17,19,23,30H,5,12-13,18,20H2,1-4H3/t30-/m0/s1. The molecule has 0 bridgehead atoms. The van der Waals surface area contributed by atoms with Gasteiger partial charge in [0.15, 0.2) is 6.10 Å². The second-order valence-corrected chi connectivity index (χ2v) is 11.8. The average molecular weight is 609 g/mol. The molecule has 0 N–H and O–H groups in total. The number of alkyl halides is 3. The highest BCUT2D eigenvalue weighted by molar-refractivity contribution is 5.96. The molecular weight excluding hydrogens is 573 g/mol. The first-order valence-corrected chi connectivity index (χ1v) is 14.6. The molecule has 232 valence electrons. The van der Waals surface area contributed by atoms with Crippen LogP contribution in [0, 0.1) is 5.92 Å². The lowest BCUT2D eigenvalue weighted by molar-refractivity contribution is -0.137. The average Bonchev–Trinajstić information content (AvgIpc) is 3.80. The number of benzene rings is 3. The molecule has 3 aromatic rings. The molecule has 44 heavy (non-hydrogen) atoms. The summed E-state index contributed by atoms with van der Waals surface area (Å²) in [6, 6.07) is 17.7. The smallest absolute Gasteiger partial charge is 0.417 e. The number of hydrogen-bond donors (Lipinski definition) is 0. The molecule has 3 amide bonds. The Bertz CT molecular complexity index is 1570. The van der Waals surface area contributed by atoms with E-state index >= 15 is 0 Å². The van der Waals surface area contributed by atoms with E-state index in [9.17, 15) is 27.6 Å². The number of methoxy groups -OCH3 is 1.